The Hall–Kier alpha value is -1.000. The number of benzene rings is 2. The van der Waals surface area contributed by atoms with Crippen LogP contribution in [0.4, 0.5) is 4.39 Å². The van der Waals surface area contributed by atoms with E-state index in [4.69, 9.17) is 46.4 Å². The summed E-state index contributed by atoms with van der Waals surface area (Å²) in [7, 11) is 0. The fourth-order valence-electron chi connectivity index (χ4n) is 2.17. The highest BCUT2D eigenvalue weighted by Crippen LogP contribution is 2.30. The van der Waals surface area contributed by atoms with Gasteiger partial charge in [-0.05, 0) is 24.3 Å². The minimum Gasteiger partial charge on any atom is -0.295 e. The van der Waals surface area contributed by atoms with E-state index in [1.807, 2.05) is 0 Å². The van der Waals surface area contributed by atoms with E-state index >= 15 is 0 Å². The van der Waals surface area contributed by atoms with Crippen LogP contribution in [-0.4, -0.2) is 9.55 Å². The second-order valence-corrected chi connectivity index (χ2v) is 5.93. The average molecular weight is 364 g/mol. The molecule has 0 saturated carbocycles. The van der Waals surface area contributed by atoms with Crippen molar-refractivity contribution in [1.29, 1.82) is 0 Å². The van der Waals surface area contributed by atoms with Crippen LogP contribution in [0.1, 0.15) is 5.82 Å². The number of hydrogen-bond donors (Lipinski definition) is 0. The molecule has 0 atom stereocenters. The van der Waals surface area contributed by atoms with Crippen molar-refractivity contribution < 1.29 is 4.39 Å². The summed E-state index contributed by atoms with van der Waals surface area (Å²) in [6.45, 7) is 0. The summed E-state index contributed by atoms with van der Waals surface area (Å²) in [6.07, 6.45) is 0. The first-order valence-corrected chi connectivity index (χ1v) is 7.55. The predicted octanol–water partition coefficient (Wildman–Crippen LogP) is 5.86. The maximum Gasteiger partial charge on any atom is 0.144 e. The van der Waals surface area contributed by atoms with E-state index in [1.165, 1.54) is 12.1 Å². The lowest BCUT2D eigenvalue weighted by Crippen LogP contribution is -1.99. The molecule has 0 N–H and O–H groups in total. The summed E-state index contributed by atoms with van der Waals surface area (Å²) in [5.41, 5.74) is 1.78. The van der Waals surface area contributed by atoms with Crippen LogP contribution >= 0.6 is 46.4 Å². The van der Waals surface area contributed by atoms with Crippen molar-refractivity contribution in [2.75, 3.05) is 0 Å². The largest absolute Gasteiger partial charge is 0.295 e. The Bertz CT molecular complexity index is 824. The Balaban J connectivity index is 2.36. The van der Waals surface area contributed by atoms with Crippen molar-refractivity contribution >= 4 is 57.4 Å². The lowest BCUT2D eigenvalue weighted by molar-refractivity contribution is 0.630. The number of imidazole rings is 1. The Morgan fingerprint density at radius 1 is 1.00 bits per heavy atom. The lowest BCUT2D eigenvalue weighted by atomic mass is 10.2. The normalized spacial score (nSPS) is 11.3. The highest BCUT2D eigenvalue weighted by Gasteiger charge is 2.15. The minimum atomic E-state index is -0.529. The molecule has 0 amide bonds. The van der Waals surface area contributed by atoms with Crippen LogP contribution in [-0.2, 0) is 5.88 Å². The molecule has 3 rings (SSSR count). The summed E-state index contributed by atoms with van der Waals surface area (Å²) >= 11 is 23.9. The van der Waals surface area contributed by atoms with Gasteiger partial charge < -0.3 is 0 Å². The van der Waals surface area contributed by atoms with Gasteiger partial charge in [-0.2, -0.15) is 0 Å². The van der Waals surface area contributed by atoms with Gasteiger partial charge in [0, 0.05) is 16.1 Å². The number of alkyl halides is 1. The van der Waals surface area contributed by atoms with Crippen LogP contribution in [0.25, 0.3) is 16.7 Å². The Labute approximate surface area is 140 Å². The van der Waals surface area contributed by atoms with E-state index in [0.29, 0.717) is 32.6 Å². The zero-order chi connectivity index (χ0) is 15.1. The molecule has 1 aromatic heterocycles. The van der Waals surface area contributed by atoms with Crippen molar-refractivity contribution in [1.82, 2.24) is 9.55 Å². The molecule has 0 spiro atoms. The molecule has 0 saturated heterocycles. The molecule has 0 radical (unpaired) electrons. The van der Waals surface area contributed by atoms with Crippen LogP contribution in [0.2, 0.25) is 15.1 Å². The molecule has 3 aromatic rings. The van der Waals surface area contributed by atoms with Gasteiger partial charge in [-0.1, -0.05) is 34.8 Å². The smallest absolute Gasteiger partial charge is 0.144 e. The molecule has 0 aliphatic carbocycles. The molecule has 0 aliphatic rings. The second kappa shape index (κ2) is 5.65. The number of fused-ring (bicyclic) bond motifs is 1. The van der Waals surface area contributed by atoms with Gasteiger partial charge >= 0.3 is 0 Å². The van der Waals surface area contributed by atoms with Crippen LogP contribution in [0, 0.1) is 5.82 Å². The van der Waals surface area contributed by atoms with Gasteiger partial charge in [-0.3, -0.25) is 4.57 Å². The topological polar surface area (TPSA) is 17.8 Å². The minimum absolute atomic E-state index is 0.0119. The Morgan fingerprint density at radius 2 is 1.67 bits per heavy atom. The maximum atomic E-state index is 13.6. The summed E-state index contributed by atoms with van der Waals surface area (Å²) < 4.78 is 15.3. The molecule has 0 fully saturated rings. The zero-order valence-electron chi connectivity index (χ0n) is 10.4. The molecule has 2 nitrogen and oxygen atoms in total. The highest BCUT2D eigenvalue weighted by molar-refractivity contribution is 6.35. The SMILES string of the molecule is Fc1cc2nc(CCl)n(-c3cc(Cl)cc(Cl)c3)c2cc1Cl. The number of halogens is 5. The van der Waals surface area contributed by atoms with Crippen molar-refractivity contribution in [3.05, 3.63) is 57.0 Å². The molecule has 7 heteroatoms. The maximum absolute atomic E-state index is 13.6. The van der Waals surface area contributed by atoms with Gasteiger partial charge in [-0.25, -0.2) is 9.37 Å². The molecular formula is C14H7Cl4FN2. The number of hydrogen-bond acceptors (Lipinski definition) is 1. The first-order chi connectivity index (χ1) is 9.99. The fraction of sp³-hybridized carbons (Fsp3) is 0.0714. The Morgan fingerprint density at radius 3 is 2.29 bits per heavy atom. The van der Waals surface area contributed by atoms with Crippen molar-refractivity contribution in [3.8, 4) is 5.69 Å². The molecule has 0 unspecified atom stereocenters. The molecule has 1 heterocycles. The number of rotatable bonds is 2. The van der Waals surface area contributed by atoms with Crippen molar-refractivity contribution in [2.24, 2.45) is 0 Å². The zero-order valence-corrected chi connectivity index (χ0v) is 13.4. The monoisotopic (exact) mass is 362 g/mol. The van der Waals surface area contributed by atoms with Crippen LogP contribution in [0.5, 0.6) is 0 Å². The van der Waals surface area contributed by atoms with Gasteiger partial charge in [0.05, 0.1) is 27.6 Å². The van der Waals surface area contributed by atoms with Crippen LogP contribution in [0.15, 0.2) is 30.3 Å². The quantitative estimate of drug-likeness (QED) is 0.521. The molecule has 108 valence electrons. The summed E-state index contributed by atoms with van der Waals surface area (Å²) in [5, 5.41) is 0.971. The van der Waals surface area contributed by atoms with Gasteiger partial charge in [0.2, 0.25) is 0 Å². The highest BCUT2D eigenvalue weighted by atomic mass is 35.5. The summed E-state index contributed by atoms with van der Waals surface area (Å²) in [4.78, 5) is 4.32. The van der Waals surface area contributed by atoms with E-state index in [0.717, 1.165) is 0 Å². The number of nitrogens with zero attached hydrogens (tertiary/aromatic N) is 2. The van der Waals surface area contributed by atoms with Gasteiger partial charge in [-0.15, -0.1) is 11.6 Å². The average Bonchev–Trinajstić information content (AvgIpc) is 2.75. The molecule has 0 bridgehead atoms. The standard InChI is InChI=1S/C14H7Cl4FN2/c15-6-14-20-12-5-11(19)10(18)4-13(12)21(14)9-2-7(16)1-8(17)3-9/h1-5H,6H2. The molecule has 21 heavy (non-hydrogen) atoms. The van der Waals surface area contributed by atoms with E-state index in [-0.39, 0.29) is 10.9 Å². The third-order valence-electron chi connectivity index (χ3n) is 2.99. The van der Waals surface area contributed by atoms with Gasteiger partial charge in [0.25, 0.3) is 0 Å². The van der Waals surface area contributed by atoms with E-state index in [2.05, 4.69) is 4.98 Å². The van der Waals surface area contributed by atoms with E-state index < -0.39 is 5.82 Å². The third kappa shape index (κ3) is 2.71. The van der Waals surface area contributed by atoms with Crippen molar-refractivity contribution in [2.45, 2.75) is 5.88 Å². The third-order valence-corrected chi connectivity index (χ3v) is 3.96. The molecule has 2 aromatic carbocycles. The first-order valence-electron chi connectivity index (χ1n) is 5.88. The van der Waals surface area contributed by atoms with Crippen molar-refractivity contribution in [3.63, 3.8) is 0 Å². The van der Waals surface area contributed by atoms with E-state index in [9.17, 15) is 4.39 Å². The molecule has 0 aliphatic heterocycles. The summed E-state index contributed by atoms with van der Waals surface area (Å²) in [5.74, 6) is 0.170. The summed E-state index contributed by atoms with van der Waals surface area (Å²) in [6, 6.07) is 7.85. The van der Waals surface area contributed by atoms with Crippen LogP contribution in [0.3, 0.4) is 0 Å². The van der Waals surface area contributed by atoms with Gasteiger partial charge in [0.1, 0.15) is 11.6 Å². The first kappa shape index (κ1) is 14.9. The van der Waals surface area contributed by atoms with E-state index in [1.54, 1.807) is 22.8 Å². The molecular weight excluding hydrogens is 357 g/mol. The Kier molecular flexibility index (Phi) is 4.02. The predicted molar refractivity (Wildman–Crippen MR) is 85.6 cm³/mol. The fourth-order valence-corrected chi connectivity index (χ4v) is 3.02. The number of aromatic nitrogens is 2. The van der Waals surface area contributed by atoms with Crippen LogP contribution < -0.4 is 0 Å². The van der Waals surface area contributed by atoms with Gasteiger partial charge in [0.15, 0.2) is 0 Å². The second-order valence-electron chi connectivity index (χ2n) is 4.38. The lowest BCUT2D eigenvalue weighted by Gasteiger charge is -2.09.